The Morgan fingerprint density at radius 2 is 2.07 bits per heavy atom. The van der Waals surface area contributed by atoms with Crippen LogP contribution in [0.2, 0.25) is 0 Å². The Kier molecular flexibility index (Phi) is 1.77. The summed E-state index contributed by atoms with van der Waals surface area (Å²) in [6.45, 7) is 0. The van der Waals surface area contributed by atoms with Gasteiger partial charge < -0.3 is 5.73 Å². The maximum absolute atomic E-state index is 13.6. The average Bonchev–Trinajstić information content (AvgIpc) is 2.98. The number of fused-ring (bicyclic) bond motifs is 1. The average molecular weight is 203 g/mol. The molecule has 0 atom stereocenters. The zero-order valence-electron chi connectivity index (χ0n) is 8.59. The fraction of sp³-hybridized carbons (Fsp3) is 0.385. The first kappa shape index (κ1) is 9.10. The molecule has 3 rings (SSSR count). The van der Waals surface area contributed by atoms with E-state index >= 15 is 0 Å². The van der Waals surface area contributed by atoms with E-state index in [0.29, 0.717) is 0 Å². The third-order valence-corrected chi connectivity index (χ3v) is 3.48. The Bertz CT molecular complexity index is 444. The molecule has 2 aliphatic rings. The van der Waals surface area contributed by atoms with Gasteiger partial charge in [-0.05, 0) is 48.4 Å². The van der Waals surface area contributed by atoms with Gasteiger partial charge in [-0.2, -0.15) is 0 Å². The molecule has 0 aliphatic heterocycles. The van der Waals surface area contributed by atoms with Gasteiger partial charge in [-0.15, -0.1) is 0 Å². The van der Waals surface area contributed by atoms with Crippen molar-refractivity contribution in [3.63, 3.8) is 0 Å². The van der Waals surface area contributed by atoms with Crippen LogP contribution in [-0.2, 0) is 6.42 Å². The van der Waals surface area contributed by atoms with Crippen LogP contribution in [0.5, 0.6) is 0 Å². The number of benzene rings is 1. The summed E-state index contributed by atoms with van der Waals surface area (Å²) in [7, 11) is 0. The minimum atomic E-state index is -0.150. The zero-order valence-corrected chi connectivity index (χ0v) is 8.59. The van der Waals surface area contributed by atoms with Crippen molar-refractivity contribution in [2.45, 2.75) is 31.2 Å². The van der Waals surface area contributed by atoms with Gasteiger partial charge in [0.2, 0.25) is 0 Å². The largest absolute Gasteiger partial charge is 0.321 e. The SMILES string of the molecule is NC1(C2=CCCc3c(F)cccc32)CC1. The van der Waals surface area contributed by atoms with Gasteiger partial charge in [0.05, 0.1) is 0 Å². The molecular weight excluding hydrogens is 189 g/mol. The fourth-order valence-corrected chi connectivity index (χ4v) is 2.41. The standard InChI is InChI=1S/C13H14FN/c14-12-6-2-3-9-10(12)4-1-5-11(9)13(15)7-8-13/h2-3,5-6H,1,4,7-8,15H2. The summed E-state index contributed by atoms with van der Waals surface area (Å²) in [6, 6.07) is 5.31. The summed E-state index contributed by atoms with van der Waals surface area (Å²) in [4.78, 5) is 0. The highest BCUT2D eigenvalue weighted by atomic mass is 19.1. The molecule has 78 valence electrons. The van der Waals surface area contributed by atoms with Crippen LogP contribution in [-0.4, -0.2) is 5.54 Å². The van der Waals surface area contributed by atoms with Crippen molar-refractivity contribution in [1.82, 2.24) is 0 Å². The predicted octanol–water partition coefficient (Wildman–Crippen LogP) is 2.65. The van der Waals surface area contributed by atoms with E-state index in [1.54, 1.807) is 6.07 Å². The van der Waals surface area contributed by atoms with Crippen LogP contribution >= 0.6 is 0 Å². The minimum absolute atomic E-state index is 0.0812. The lowest BCUT2D eigenvalue weighted by Gasteiger charge is -2.22. The van der Waals surface area contributed by atoms with E-state index < -0.39 is 0 Å². The molecular formula is C13H14FN. The van der Waals surface area contributed by atoms with Crippen molar-refractivity contribution in [2.24, 2.45) is 5.73 Å². The van der Waals surface area contributed by atoms with Crippen molar-refractivity contribution in [3.8, 4) is 0 Å². The van der Waals surface area contributed by atoms with Crippen molar-refractivity contribution in [3.05, 3.63) is 41.2 Å². The number of rotatable bonds is 1. The minimum Gasteiger partial charge on any atom is -0.321 e. The van der Waals surface area contributed by atoms with Crippen molar-refractivity contribution in [1.29, 1.82) is 0 Å². The Morgan fingerprint density at radius 3 is 2.80 bits per heavy atom. The molecule has 0 amide bonds. The van der Waals surface area contributed by atoms with E-state index in [2.05, 4.69) is 6.08 Å². The maximum Gasteiger partial charge on any atom is 0.127 e. The first-order valence-corrected chi connectivity index (χ1v) is 5.48. The van der Waals surface area contributed by atoms with Gasteiger partial charge in [0.1, 0.15) is 5.82 Å². The Balaban J connectivity index is 2.14. The smallest absolute Gasteiger partial charge is 0.127 e. The van der Waals surface area contributed by atoms with Gasteiger partial charge in [0, 0.05) is 5.54 Å². The second-order valence-electron chi connectivity index (χ2n) is 4.58. The molecule has 1 fully saturated rings. The molecule has 0 bridgehead atoms. The maximum atomic E-state index is 13.6. The van der Waals surface area contributed by atoms with Gasteiger partial charge in [-0.25, -0.2) is 4.39 Å². The van der Waals surface area contributed by atoms with E-state index in [1.807, 2.05) is 6.07 Å². The van der Waals surface area contributed by atoms with Crippen molar-refractivity contribution < 1.29 is 4.39 Å². The number of hydrogen-bond donors (Lipinski definition) is 1. The highest BCUT2D eigenvalue weighted by Gasteiger charge is 2.43. The number of hydrogen-bond acceptors (Lipinski definition) is 1. The summed E-state index contributed by atoms with van der Waals surface area (Å²) in [6.07, 6.45) is 5.99. The van der Waals surface area contributed by atoms with E-state index in [1.165, 1.54) is 11.6 Å². The van der Waals surface area contributed by atoms with Gasteiger partial charge in [0.15, 0.2) is 0 Å². The first-order valence-electron chi connectivity index (χ1n) is 5.48. The Labute approximate surface area is 88.8 Å². The Hall–Kier alpha value is -1.15. The molecule has 2 heteroatoms. The van der Waals surface area contributed by atoms with Crippen molar-refractivity contribution in [2.75, 3.05) is 0 Å². The number of nitrogens with two attached hydrogens (primary N) is 1. The molecule has 0 aromatic heterocycles. The van der Waals surface area contributed by atoms with Gasteiger partial charge in [-0.1, -0.05) is 18.2 Å². The highest BCUT2D eigenvalue weighted by molar-refractivity contribution is 5.79. The lowest BCUT2D eigenvalue weighted by atomic mass is 9.86. The predicted molar refractivity (Wildman–Crippen MR) is 58.9 cm³/mol. The normalized spacial score (nSPS) is 21.9. The third-order valence-electron chi connectivity index (χ3n) is 3.48. The molecule has 2 N–H and O–H groups in total. The first-order chi connectivity index (χ1) is 7.21. The van der Waals surface area contributed by atoms with E-state index in [-0.39, 0.29) is 11.4 Å². The number of allylic oxidation sites excluding steroid dienone is 1. The molecule has 1 aromatic carbocycles. The van der Waals surface area contributed by atoms with Gasteiger partial charge in [0.25, 0.3) is 0 Å². The van der Waals surface area contributed by atoms with Crippen LogP contribution in [0.4, 0.5) is 4.39 Å². The summed E-state index contributed by atoms with van der Waals surface area (Å²) < 4.78 is 13.6. The van der Waals surface area contributed by atoms with Crippen molar-refractivity contribution >= 4 is 5.57 Å². The molecule has 2 aliphatic carbocycles. The molecule has 1 aromatic rings. The second-order valence-corrected chi connectivity index (χ2v) is 4.58. The summed E-state index contributed by atoms with van der Waals surface area (Å²) >= 11 is 0. The van der Waals surface area contributed by atoms with E-state index in [4.69, 9.17) is 5.73 Å². The monoisotopic (exact) mass is 203 g/mol. The molecule has 0 spiro atoms. The quantitative estimate of drug-likeness (QED) is 0.746. The zero-order chi connectivity index (χ0) is 10.5. The second kappa shape index (κ2) is 2.92. The summed E-state index contributed by atoms with van der Waals surface area (Å²) in [5.74, 6) is -0.0812. The fourth-order valence-electron chi connectivity index (χ4n) is 2.41. The molecule has 1 nitrogen and oxygen atoms in total. The number of halogens is 1. The third kappa shape index (κ3) is 1.32. The summed E-state index contributed by atoms with van der Waals surface area (Å²) in [5, 5.41) is 0. The lowest BCUT2D eigenvalue weighted by molar-refractivity contribution is 0.606. The van der Waals surface area contributed by atoms with Crippen LogP contribution in [0.15, 0.2) is 24.3 Å². The molecule has 0 radical (unpaired) electrons. The van der Waals surface area contributed by atoms with Gasteiger partial charge in [-0.3, -0.25) is 0 Å². The van der Waals surface area contributed by atoms with E-state index in [9.17, 15) is 4.39 Å². The lowest BCUT2D eigenvalue weighted by Crippen LogP contribution is -2.25. The van der Waals surface area contributed by atoms with Crippen LogP contribution in [0.25, 0.3) is 5.57 Å². The molecule has 15 heavy (non-hydrogen) atoms. The molecule has 0 heterocycles. The van der Waals surface area contributed by atoms with E-state index in [0.717, 1.165) is 36.8 Å². The topological polar surface area (TPSA) is 26.0 Å². The summed E-state index contributed by atoms with van der Waals surface area (Å²) in [5.41, 5.74) is 9.11. The molecule has 0 saturated heterocycles. The van der Waals surface area contributed by atoms with Crippen LogP contribution in [0.1, 0.15) is 30.4 Å². The van der Waals surface area contributed by atoms with Crippen LogP contribution in [0.3, 0.4) is 0 Å². The Morgan fingerprint density at radius 1 is 1.27 bits per heavy atom. The van der Waals surface area contributed by atoms with Crippen LogP contribution in [0, 0.1) is 5.82 Å². The molecule has 0 unspecified atom stereocenters. The van der Waals surface area contributed by atoms with Gasteiger partial charge >= 0.3 is 0 Å². The molecule has 1 saturated carbocycles. The van der Waals surface area contributed by atoms with Crippen LogP contribution < -0.4 is 5.73 Å². The highest BCUT2D eigenvalue weighted by Crippen LogP contribution is 2.47.